The molecule has 1 spiro atoms. The lowest BCUT2D eigenvalue weighted by Crippen LogP contribution is -2.41. The topological polar surface area (TPSA) is 63.1 Å². The van der Waals surface area contributed by atoms with Gasteiger partial charge in [-0.15, -0.1) is 0 Å². The van der Waals surface area contributed by atoms with Gasteiger partial charge in [0.05, 0.1) is 17.4 Å². The monoisotopic (exact) mass is 571 g/mol. The molecule has 2 aromatic heterocycles. The number of hydrogen-bond acceptors (Lipinski definition) is 4. The van der Waals surface area contributed by atoms with E-state index in [1.54, 1.807) is 12.1 Å². The third-order valence-electron chi connectivity index (χ3n) is 7.65. The van der Waals surface area contributed by atoms with Crippen LogP contribution in [0.15, 0.2) is 73.1 Å². The maximum atomic E-state index is 14.4. The van der Waals surface area contributed by atoms with E-state index in [1.807, 2.05) is 36.4 Å². The number of alkyl halides is 6. The Labute approximate surface area is 230 Å². The van der Waals surface area contributed by atoms with Crippen molar-refractivity contribution in [3.8, 4) is 5.69 Å². The lowest BCUT2D eigenvalue weighted by Gasteiger charge is -2.39. The van der Waals surface area contributed by atoms with Crippen molar-refractivity contribution in [1.82, 2.24) is 19.7 Å². The van der Waals surface area contributed by atoms with Crippen LogP contribution >= 0.6 is 0 Å². The van der Waals surface area contributed by atoms with Gasteiger partial charge in [0, 0.05) is 30.5 Å². The van der Waals surface area contributed by atoms with Crippen LogP contribution in [0.25, 0.3) is 5.69 Å². The second kappa shape index (κ2) is 9.72. The fraction of sp³-hybridized carbons (Fsp3) is 0.276. The van der Waals surface area contributed by atoms with E-state index >= 15 is 0 Å². The third kappa shape index (κ3) is 4.96. The Kier molecular flexibility index (Phi) is 6.40. The maximum Gasteiger partial charge on any atom is 0.434 e. The number of fused-ring (bicyclic) bond motifs is 2. The van der Waals surface area contributed by atoms with Crippen molar-refractivity contribution < 1.29 is 31.1 Å². The van der Waals surface area contributed by atoms with Gasteiger partial charge >= 0.3 is 12.4 Å². The average Bonchev–Trinajstić information content (AvgIpc) is 3.58. The molecule has 0 radical (unpaired) electrons. The van der Waals surface area contributed by atoms with E-state index in [1.165, 1.54) is 0 Å². The predicted octanol–water partition coefficient (Wildman–Crippen LogP) is 6.60. The van der Waals surface area contributed by atoms with E-state index < -0.39 is 35.2 Å². The lowest BCUT2D eigenvalue weighted by molar-refractivity contribution is -0.143. The molecule has 41 heavy (non-hydrogen) atoms. The standard InChI is InChI=1S/C29H23F6N5O/c30-28(31,32)24-15-19(9-13-36-24)38-26(41)21-16-37-40(25(21)29(33,34)35)23-8-4-7-22-20(23)10-14-39(27(22)11-12-27)17-18-5-2-1-3-6-18/h1-9,13,15-16H,10-12,14,17H2,(H,36,38,41). The van der Waals surface area contributed by atoms with Crippen LogP contribution in [0, 0.1) is 0 Å². The molecule has 6 nitrogen and oxygen atoms in total. The molecular formula is C29H23F6N5O. The quantitative estimate of drug-likeness (QED) is 0.274. The van der Waals surface area contributed by atoms with E-state index in [0.29, 0.717) is 19.0 Å². The summed E-state index contributed by atoms with van der Waals surface area (Å²) in [5.41, 5.74) is -0.948. The molecule has 0 bridgehead atoms. The minimum absolute atomic E-state index is 0.225. The number of nitrogens with zero attached hydrogens (tertiary/aromatic N) is 4. The Morgan fingerprint density at radius 3 is 2.39 bits per heavy atom. The Bertz CT molecular complexity index is 1610. The fourth-order valence-corrected chi connectivity index (χ4v) is 5.67. The molecule has 0 atom stereocenters. The lowest BCUT2D eigenvalue weighted by atomic mass is 9.88. The van der Waals surface area contributed by atoms with Gasteiger partial charge in [-0.1, -0.05) is 42.5 Å². The van der Waals surface area contributed by atoms with E-state index in [2.05, 4.69) is 20.3 Å². The van der Waals surface area contributed by atoms with E-state index in [-0.39, 0.29) is 16.9 Å². The normalized spacial score (nSPS) is 16.4. The molecule has 1 amide bonds. The molecule has 1 aliphatic heterocycles. The second-order valence-corrected chi connectivity index (χ2v) is 10.2. The number of nitrogens with one attached hydrogen (secondary N) is 1. The first-order valence-corrected chi connectivity index (χ1v) is 12.9. The van der Waals surface area contributed by atoms with Crippen LogP contribution in [0.3, 0.4) is 0 Å². The number of anilines is 1. The van der Waals surface area contributed by atoms with Crippen molar-refractivity contribution in [2.24, 2.45) is 0 Å². The van der Waals surface area contributed by atoms with Crippen LogP contribution in [0.5, 0.6) is 0 Å². The number of halogens is 6. The summed E-state index contributed by atoms with van der Waals surface area (Å²) in [6.07, 6.45) is -5.92. The first-order valence-electron chi connectivity index (χ1n) is 12.9. The molecule has 6 rings (SSSR count). The first kappa shape index (κ1) is 27.0. The molecule has 3 heterocycles. The first-order chi connectivity index (χ1) is 19.5. The molecule has 1 N–H and O–H groups in total. The summed E-state index contributed by atoms with van der Waals surface area (Å²) in [4.78, 5) is 18.5. The number of hydrogen-bond donors (Lipinski definition) is 1. The highest BCUT2D eigenvalue weighted by molar-refractivity contribution is 6.05. The third-order valence-corrected chi connectivity index (χ3v) is 7.65. The smallest absolute Gasteiger partial charge is 0.322 e. The SMILES string of the molecule is O=C(Nc1ccnc(C(F)(F)F)c1)c1cnn(-c2cccc3c2CCN(Cc2ccccc2)C32CC2)c1C(F)(F)F. The van der Waals surface area contributed by atoms with Crippen LogP contribution in [0.2, 0.25) is 0 Å². The molecule has 0 saturated heterocycles. The summed E-state index contributed by atoms with van der Waals surface area (Å²) in [5, 5.41) is 6.09. The summed E-state index contributed by atoms with van der Waals surface area (Å²) in [7, 11) is 0. The number of rotatable bonds is 5. The largest absolute Gasteiger partial charge is 0.434 e. The number of pyridine rings is 1. The van der Waals surface area contributed by atoms with Gasteiger partial charge < -0.3 is 5.32 Å². The van der Waals surface area contributed by atoms with Gasteiger partial charge in [-0.2, -0.15) is 31.4 Å². The maximum absolute atomic E-state index is 14.4. The number of carbonyl (C=O) groups is 1. The molecule has 0 unspecified atom stereocenters. The molecule has 12 heteroatoms. The molecule has 1 fully saturated rings. The molecule has 4 aromatic rings. The van der Waals surface area contributed by atoms with Gasteiger partial charge in [-0.25, -0.2) is 4.68 Å². The van der Waals surface area contributed by atoms with E-state index in [9.17, 15) is 31.1 Å². The van der Waals surface area contributed by atoms with Crippen molar-refractivity contribution in [1.29, 1.82) is 0 Å². The Hall–Kier alpha value is -4.19. The van der Waals surface area contributed by atoms with Crippen LogP contribution < -0.4 is 5.32 Å². The van der Waals surface area contributed by atoms with E-state index in [0.717, 1.165) is 59.2 Å². The van der Waals surface area contributed by atoms with Gasteiger partial charge in [0.25, 0.3) is 5.91 Å². The highest BCUT2D eigenvalue weighted by Gasteiger charge is 2.52. The van der Waals surface area contributed by atoms with Crippen molar-refractivity contribution in [2.75, 3.05) is 11.9 Å². The molecule has 212 valence electrons. The molecule has 1 aliphatic carbocycles. The van der Waals surface area contributed by atoms with Crippen molar-refractivity contribution >= 4 is 11.6 Å². The average molecular weight is 572 g/mol. The minimum atomic E-state index is -4.98. The Morgan fingerprint density at radius 2 is 1.71 bits per heavy atom. The zero-order valence-electron chi connectivity index (χ0n) is 21.4. The zero-order valence-corrected chi connectivity index (χ0v) is 21.4. The summed E-state index contributed by atoms with van der Waals surface area (Å²) >= 11 is 0. The molecular weight excluding hydrogens is 548 g/mol. The van der Waals surface area contributed by atoms with Crippen LogP contribution in [-0.2, 0) is 30.9 Å². The van der Waals surface area contributed by atoms with Gasteiger partial charge in [0.2, 0.25) is 0 Å². The van der Waals surface area contributed by atoms with Crippen LogP contribution in [0.1, 0.15) is 51.3 Å². The van der Waals surface area contributed by atoms with E-state index in [4.69, 9.17) is 0 Å². The zero-order chi connectivity index (χ0) is 29.0. The summed E-state index contributed by atoms with van der Waals surface area (Å²) in [5.74, 6) is -1.24. The highest BCUT2D eigenvalue weighted by atomic mass is 19.4. The predicted molar refractivity (Wildman–Crippen MR) is 137 cm³/mol. The number of amides is 1. The van der Waals surface area contributed by atoms with Gasteiger partial charge in [-0.05, 0) is 54.2 Å². The summed E-state index contributed by atoms with van der Waals surface area (Å²) in [6.45, 7) is 1.36. The van der Waals surface area contributed by atoms with Crippen molar-refractivity contribution in [2.45, 2.75) is 43.7 Å². The number of benzene rings is 2. The second-order valence-electron chi connectivity index (χ2n) is 10.2. The van der Waals surface area contributed by atoms with Crippen LogP contribution in [0.4, 0.5) is 32.0 Å². The summed E-state index contributed by atoms with van der Waals surface area (Å²) < 4.78 is 83.1. The molecule has 2 aliphatic rings. The molecule has 1 saturated carbocycles. The van der Waals surface area contributed by atoms with Crippen molar-refractivity contribution in [3.63, 3.8) is 0 Å². The van der Waals surface area contributed by atoms with Gasteiger partial charge in [0.1, 0.15) is 5.69 Å². The number of aromatic nitrogens is 3. The Morgan fingerprint density at radius 1 is 0.951 bits per heavy atom. The Balaban J connectivity index is 1.35. The minimum Gasteiger partial charge on any atom is -0.322 e. The molecule has 2 aromatic carbocycles. The van der Waals surface area contributed by atoms with Crippen molar-refractivity contribution in [3.05, 3.63) is 107 Å². The van der Waals surface area contributed by atoms with Gasteiger partial charge in [0.15, 0.2) is 5.69 Å². The number of carbonyl (C=O) groups excluding carboxylic acids is 1. The van der Waals surface area contributed by atoms with Crippen LogP contribution in [-0.4, -0.2) is 32.1 Å². The summed E-state index contributed by atoms with van der Waals surface area (Å²) in [6, 6.07) is 16.8. The fourth-order valence-electron chi connectivity index (χ4n) is 5.67. The highest BCUT2D eigenvalue weighted by Crippen LogP contribution is 2.55. The van der Waals surface area contributed by atoms with Gasteiger partial charge in [-0.3, -0.25) is 14.7 Å².